The smallest absolute Gasteiger partial charge is 0.133 e. The third-order valence-corrected chi connectivity index (χ3v) is 3.98. The third kappa shape index (κ3) is 4.06. The molecule has 112 valence electrons. The van der Waals surface area contributed by atoms with Gasteiger partial charge in [0.25, 0.3) is 0 Å². The highest BCUT2D eigenvalue weighted by Crippen LogP contribution is 2.28. The molecule has 0 fully saturated rings. The molecule has 21 heavy (non-hydrogen) atoms. The van der Waals surface area contributed by atoms with E-state index in [1.165, 1.54) is 0 Å². The summed E-state index contributed by atoms with van der Waals surface area (Å²) in [4.78, 5) is 0. The third-order valence-electron chi connectivity index (χ3n) is 3.36. The quantitative estimate of drug-likeness (QED) is 0.859. The van der Waals surface area contributed by atoms with Crippen LogP contribution in [0.4, 0.5) is 0 Å². The van der Waals surface area contributed by atoms with Crippen LogP contribution in [0.15, 0.2) is 46.9 Å². The lowest BCUT2D eigenvalue weighted by molar-refractivity contribution is 0.161. The molecular weight excluding hydrogens is 332 g/mol. The molecule has 2 aromatic rings. The van der Waals surface area contributed by atoms with E-state index >= 15 is 0 Å². The molecule has 0 saturated heterocycles. The van der Waals surface area contributed by atoms with Crippen molar-refractivity contribution >= 4 is 15.9 Å². The van der Waals surface area contributed by atoms with Crippen LogP contribution < -0.4 is 4.74 Å². The van der Waals surface area contributed by atoms with E-state index in [1.807, 2.05) is 42.5 Å². The molecule has 0 amide bonds. The number of hydrogen-bond donors (Lipinski definition) is 1. The van der Waals surface area contributed by atoms with Gasteiger partial charge in [-0.3, -0.25) is 0 Å². The average Bonchev–Trinajstić information content (AvgIpc) is 2.48. The van der Waals surface area contributed by atoms with E-state index in [-0.39, 0.29) is 0 Å². The summed E-state index contributed by atoms with van der Waals surface area (Å²) in [5.74, 6) is 0.785. The molecule has 3 nitrogen and oxygen atoms in total. The van der Waals surface area contributed by atoms with Gasteiger partial charge in [0.1, 0.15) is 5.75 Å². The number of hydrogen-bond acceptors (Lipinski definition) is 3. The van der Waals surface area contributed by atoms with Gasteiger partial charge < -0.3 is 14.6 Å². The summed E-state index contributed by atoms with van der Waals surface area (Å²) in [6.07, 6.45) is -0.0137. The van der Waals surface area contributed by atoms with E-state index < -0.39 is 6.10 Å². The van der Waals surface area contributed by atoms with Crippen molar-refractivity contribution < 1.29 is 14.6 Å². The predicted molar refractivity (Wildman–Crippen MR) is 86.5 cm³/mol. The fourth-order valence-electron chi connectivity index (χ4n) is 2.32. The number of ether oxygens (including phenoxy) is 2. The molecule has 0 bridgehead atoms. The van der Waals surface area contributed by atoms with E-state index in [0.29, 0.717) is 13.0 Å². The summed E-state index contributed by atoms with van der Waals surface area (Å²) in [6.45, 7) is 0.500. The number of methoxy groups -OCH3 is 2. The van der Waals surface area contributed by atoms with Crippen LogP contribution in [0.2, 0.25) is 0 Å². The zero-order valence-corrected chi connectivity index (χ0v) is 13.8. The fourth-order valence-corrected chi connectivity index (χ4v) is 2.90. The van der Waals surface area contributed by atoms with E-state index in [9.17, 15) is 5.11 Å². The van der Waals surface area contributed by atoms with Crippen LogP contribution in [-0.4, -0.2) is 19.3 Å². The topological polar surface area (TPSA) is 38.7 Å². The minimum absolute atomic E-state index is 0.500. The van der Waals surface area contributed by atoms with Crippen LogP contribution in [0.3, 0.4) is 0 Å². The van der Waals surface area contributed by atoms with E-state index in [0.717, 1.165) is 26.9 Å². The van der Waals surface area contributed by atoms with Gasteiger partial charge in [-0.15, -0.1) is 0 Å². The van der Waals surface area contributed by atoms with Gasteiger partial charge in [0.05, 0.1) is 24.3 Å². The molecular formula is C17H19BrO3. The lowest BCUT2D eigenvalue weighted by Crippen LogP contribution is -2.06. The van der Waals surface area contributed by atoms with E-state index in [4.69, 9.17) is 9.47 Å². The Morgan fingerprint density at radius 3 is 2.57 bits per heavy atom. The maximum atomic E-state index is 10.5. The summed E-state index contributed by atoms with van der Waals surface area (Å²) >= 11 is 3.47. The number of benzene rings is 2. The number of halogens is 1. The van der Waals surface area contributed by atoms with Crippen molar-refractivity contribution in [2.75, 3.05) is 14.2 Å². The Labute approximate surface area is 133 Å². The van der Waals surface area contributed by atoms with Gasteiger partial charge >= 0.3 is 0 Å². The lowest BCUT2D eigenvalue weighted by atomic mass is 9.97. The first-order valence-corrected chi connectivity index (χ1v) is 7.52. The summed E-state index contributed by atoms with van der Waals surface area (Å²) in [7, 11) is 3.29. The molecule has 0 aliphatic rings. The van der Waals surface area contributed by atoms with Gasteiger partial charge in [-0.1, -0.05) is 30.3 Å². The molecule has 0 aliphatic carbocycles. The molecule has 0 spiro atoms. The van der Waals surface area contributed by atoms with Crippen LogP contribution in [-0.2, 0) is 17.8 Å². The van der Waals surface area contributed by atoms with Gasteiger partial charge in [0, 0.05) is 13.5 Å². The van der Waals surface area contributed by atoms with Crippen molar-refractivity contribution in [1.82, 2.24) is 0 Å². The second kappa shape index (κ2) is 7.59. The molecule has 1 unspecified atom stereocenters. The largest absolute Gasteiger partial charge is 0.496 e. The van der Waals surface area contributed by atoms with Crippen LogP contribution >= 0.6 is 15.9 Å². The van der Waals surface area contributed by atoms with Crippen LogP contribution in [0.5, 0.6) is 5.75 Å². The van der Waals surface area contributed by atoms with Crippen molar-refractivity contribution in [3.8, 4) is 5.75 Å². The number of rotatable bonds is 6. The van der Waals surface area contributed by atoms with Crippen molar-refractivity contribution in [3.63, 3.8) is 0 Å². The maximum Gasteiger partial charge on any atom is 0.133 e. The molecule has 1 atom stereocenters. The van der Waals surface area contributed by atoms with Crippen molar-refractivity contribution in [2.24, 2.45) is 0 Å². The van der Waals surface area contributed by atoms with Crippen molar-refractivity contribution in [1.29, 1.82) is 0 Å². The molecule has 0 radical (unpaired) electrons. The molecule has 0 heterocycles. The minimum atomic E-state index is -0.559. The van der Waals surface area contributed by atoms with Crippen LogP contribution in [0.25, 0.3) is 0 Å². The summed E-state index contributed by atoms with van der Waals surface area (Å²) < 4.78 is 11.3. The van der Waals surface area contributed by atoms with E-state index in [1.54, 1.807) is 14.2 Å². The predicted octanol–water partition coefficient (Wildman–Crippen LogP) is 3.88. The molecule has 1 N–H and O–H groups in total. The first-order valence-electron chi connectivity index (χ1n) is 6.73. The maximum absolute atomic E-state index is 10.5. The zero-order chi connectivity index (χ0) is 15.2. The molecule has 0 aromatic heterocycles. The van der Waals surface area contributed by atoms with Gasteiger partial charge in [0.2, 0.25) is 0 Å². The SMILES string of the molecule is COCc1ccccc1C(O)Cc1ccc(OC)c(Br)c1. The fraction of sp³-hybridized carbons (Fsp3) is 0.294. The summed E-state index contributed by atoms with van der Waals surface area (Å²) in [5.41, 5.74) is 2.97. The van der Waals surface area contributed by atoms with Gasteiger partial charge in [-0.05, 0) is 44.8 Å². The molecule has 0 saturated carbocycles. The lowest BCUT2D eigenvalue weighted by Gasteiger charge is -2.16. The molecule has 2 rings (SSSR count). The Morgan fingerprint density at radius 2 is 1.90 bits per heavy atom. The first kappa shape index (κ1) is 16.0. The second-order valence-electron chi connectivity index (χ2n) is 4.82. The number of aliphatic hydroxyl groups excluding tert-OH is 1. The summed E-state index contributed by atoms with van der Waals surface area (Å²) in [6, 6.07) is 13.6. The normalized spacial score (nSPS) is 12.2. The molecule has 4 heteroatoms. The Bertz CT molecular complexity index is 598. The van der Waals surface area contributed by atoms with Crippen LogP contribution in [0.1, 0.15) is 22.8 Å². The average molecular weight is 351 g/mol. The van der Waals surface area contributed by atoms with Gasteiger partial charge in [-0.2, -0.15) is 0 Å². The Kier molecular flexibility index (Phi) is 5.79. The van der Waals surface area contributed by atoms with Crippen molar-refractivity contribution in [2.45, 2.75) is 19.1 Å². The highest BCUT2D eigenvalue weighted by atomic mass is 79.9. The zero-order valence-electron chi connectivity index (χ0n) is 12.2. The monoisotopic (exact) mass is 350 g/mol. The summed E-state index contributed by atoms with van der Waals surface area (Å²) in [5, 5.41) is 10.5. The molecule has 2 aromatic carbocycles. The Hall–Kier alpha value is -1.36. The Balaban J connectivity index is 2.18. The first-order chi connectivity index (χ1) is 10.2. The van der Waals surface area contributed by atoms with E-state index in [2.05, 4.69) is 15.9 Å². The number of aliphatic hydroxyl groups is 1. The van der Waals surface area contributed by atoms with Crippen molar-refractivity contribution in [3.05, 3.63) is 63.6 Å². The highest BCUT2D eigenvalue weighted by Gasteiger charge is 2.13. The standard InChI is InChI=1S/C17H19BrO3/c1-20-11-13-5-3-4-6-14(13)16(19)10-12-7-8-17(21-2)15(18)9-12/h3-9,16,19H,10-11H2,1-2H3. The second-order valence-corrected chi connectivity index (χ2v) is 5.67. The van der Waals surface area contributed by atoms with Gasteiger partial charge in [0.15, 0.2) is 0 Å². The van der Waals surface area contributed by atoms with Gasteiger partial charge in [-0.25, -0.2) is 0 Å². The van der Waals surface area contributed by atoms with Crippen LogP contribution in [0, 0.1) is 0 Å². The Morgan fingerprint density at radius 1 is 1.14 bits per heavy atom. The minimum Gasteiger partial charge on any atom is -0.496 e. The highest BCUT2D eigenvalue weighted by molar-refractivity contribution is 9.10. The molecule has 0 aliphatic heterocycles.